The van der Waals surface area contributed by atoms with Gasteiger partial charge in [-0.05, 0) is 49.2 Å². The van der Waals surface area contributed by atoms with Gasteiger partial charge in [-0.15, -0.1) is 0 Å². The molecule has 0 unspecified atom stereocenters. The van der Waals surface area contributed by atoms with Crippen LogP contribution >= 0.6 is 11.6 Å². The molecule has 2 fully saturated rings. The number of hydrogen-bond acceptors (Lipinski definition) is 3. The fourth-order valence-electron chi connectivity index (χ4n) is 4.29. The Morgan fingerprint density at radius 1 is 0.968 bits per heavy atom. The summed E-state index contributed by atoms with van der Waals surface area (Å²) in [5.41, 5.74) is 1.63. The standard InChI is InChI=1S/C24H26ClN3O3/c25-17-10-12-19(13-11-17)28-15-16(14-22(28)29)23(30)27-21-9-5-4-8-20(21)24(31)26-18-6-2-1-3-7-18/h4-5,8-13,16,18H,1-3,6-7,14-15H2,(H,26,31)(H,27,30)/t16-/m1/s1. The normalized spacial score (nSPS) is 19.3. The van der Waals surface area contributed by atoms with E-state index < -0.39 is 5.92 Å². The zero-order valence-corrected chi connectivity index (χ0v) is 18.0. The highest BCUT2D eigenvalue weighted by Crippen LogP contribution is 2.28. The first kappa shape index (κ1) is 21.4. The van der Waals surface area contributed by atoms with E-state index in [9.17, 15) is 14.4 Å². The van der Waals surface area contributed by atoms with Crippen LogP contribution in [0.5, 0.6) is 0 Å². The molecule has 6 nitrogen and oxygen atoms in total. The van der Waals surface area contributed by atoms with Crippen molar-refractivity contribution in [3.8, 4) is 0 Å². The van der Waals surface area contributed by atoms with E-state index in [2.05, 4.69) is 10.6 Å². The molecule has 31 heavy (non-hydrogen) atoms. The average molecular weight is 440 g/mol. The molecule has 0 spiro atoms. The quantitative estimate of drug-likeness (QED) is 0.725. The number of para-hydroxylation sites is 1. The second-order valence-electron chi connectivity index (χ2n) is 8.23. The average Bonchev–Trinajstić information content (AvgIpc) is 3.17. The van der Waals surface area contributed by atoms with Gasteiger partial charge < -0.3 is 15.5 Å². The zero-order valence-electron chi connectivity index (χ0n) is 17.3. The maximum Gasteiger partial charge on any atom is 0.253 e. The Hall–Kier alpha value is -2.86. The highest BCUT2D eigenvalue weighted by molar-refractivity contribution is 6.30. The van der Waals surface area contributed by atoms with E-state index in [1.807, 2.05) is 0 Å². The molecular weight excluding hydrogens is 414 g/mol. The summed E-state index contributed by atoms with van der Waals surface area (Å²) < 4.78 is 0. The Balaban J connectivity index is 1.42. The first-order chi connectivity index (χ1) is 15.0. The maximum absolute atomic E-state index is 12.9. The van der Waals surface area contributed by atoms with Crippen LogP contribution in [-0.4, -0.2) is 30.3 Å². The lowest BCUT2D eigenvalue weighted by Gasteiger charge is -2.23. The molecule has 0 radical (unpaired) electrons. The van der Waals surface area contributed by atoms with Crippen molar-refractivity contribution >= 4 is 40.7 Å². The van der Waals surface area contributed by atoms with Gasteiger partial charge in [-0.1, -0.05) is 43.0 Å². The van der Waals surface area contributed by atoms with Gasteiger partial charge in [0, 0.05) is 29.7 Å². The molecule has 7 heteroatoms. The van der Waals surface area contributed by atoms with E-state index in [1.54, 1.807) is 53.4 Å². The molecule has 2 aromatic carbocycles. The summed E-state index contributed by atoms with van der Waals surface area (Å²) in [6, 6.07) is 14.2. The Morgan fingerprint density at radius 2 is 1.68 bits per heavy atom. The molecule has 1 saturated carbocycles. The van der Waals surface area contributed by atoms with Crippen molar-refractivity contribution in [2.45, 2.75) is 44.6 Å². The molecule has 2 aliphatic rings. The molecule has 3 amide bonds. The lowest BCUT2D eigenvalue weighted by Crippen LogP contribution is -2.36. The second kappa shape index (κ2) is 9.52. The van der Waals surface area contributed by atoms with Gasteiger partial charge in [0.25, 0.3) is 5.91 Å². The van der Waals surface area contributed by atoms with Crippen LogP contribution in [-0.2, 0) is 9.59 Å². The molecule has 0 aromatic heterocycles. The van der Waals surface area contributed by atoms with Gasteiger partial charge in [-0.25, -0.2) is 0 Å². The third-order valence-electron chi connectivity index (χ3n) is 6.00. The fraction of sp³-hybridized carbons (Fsp3) is 0.375. The van der Waals surface area contributed by atoms with Crippen LogP contribution in [0.1, 0.15) is 48.9 Å². The lowest BCUT2D eigenvalue weighted by molar-refractivity contribution is -0.122. The molecule has 1 aliphatic carbocycles. The van der Waals surface area contributed by atoms with Gasteiger partial charge in [0.15, 0.2) is 0 Å². The van der Waals surface area contributed by atoms with Gasteiger partial charge in [0.1, 0.15) is 0 Å². The van der Waals surface area contributed by atoms with Crippen molar-refractivity contribution < 1.29 is 14.4 Å². The van der Waals surface area contributed by atoms with Crippen molar-refractivity contribution in [1.82, 2.24) is 5.32 Å². The predicted octanol–water partition coefficient (Wildman–Crippen LogP) is 4.39. The highest BCUT2D eigenvalue weighted by atomic mass is 35.5. The summed E-state index contributed by atoms with van der Waals surface area (Å²) >= 11 is 5.93. The Morgan fingerprint density at radius 3 is 2.42 bits per heavy atom. The third kappa shape index (κ3) is 5.07. The Bertz CT molecular complexity index is 970. The number of nitrogens with one attached hydrogen (secondary N) is 2. The van der Waals surface area contributed by atoms with Crippen molar-refractivity contribution in [2.75, 3.05) is 16.8 Å². The molecule has 2 aromatic rings. The summed E-state index contributed by atoms with van der Waals surface area (Å²) in [6.45, 7) is 0.294. The summed E-state index contributed by atoms with van der Waals surface area (Å²) in [7, 11) is 0. The smallest absolute Gasteiger partial charge is 0.253 e. The monoisotopic (exact) mass is 439 g/mol. The van der Waals surface area contributed by atoms with Gasteiger partial charge in [0.05, 0.1) is 17.2 Å². The second-order valence-corrected chi connectivity index (χ2v) is 8.66. The first-order valence-electron chi connectivity index (χ1n) is 10.8. The molecule has 1 heterocycles. The van der Waals surface area contributed by atoms with Crippen LogP contribution in [0.4, 0.5) is 11.4 Å². The highest BCUT2D eigenvalue weighted by Gasteiger charge is 2.35. The largest absolute Gasteiger partial charge is 0.349 e. The molecule has 2 N–H and O–H groups in total. The van der Waals surface area contributed by atoms with Crippen LogP contribution in [0, 0.1) is 5.92 Å². The number of nitrogens with zero attached hydrogens (tertiary/aromatic N) is 1. The summed E-state index contributed by atoms with van der Waals surface area (Å²) in [4.78, 5) is 39.8. The number of carbonyl (C=O) groups excluding carboxylic acids is 3. The molecule has 1 saturated heterocycles. The first-order valence-corrected chi connectivity index (χ1v) is 11.2. The van der Waals surface area contributed by atoms with Gasteiger partial charge >= 0.3 is 0 Å². The van der Waals surface area contributed by atoms with Gasteiger partial charge in [-0.3, -0.25) is 14.4 Å². The van der Waals surface area contributed by atoms with E-state index in [1.165, 1.54) is 6.42 Å². The minimum absolute atomic E-state index is 0.106. The van der Waals surface area contributed by atoms with E-state index in [0.29, 0.717) is 22.8 Å². The number of carbonyl (C=O) groups is 3. The van der Waals surface area contributed by atoms with Crippen LogP contribution < -0.4 is 15.5 Å². The molecule has 1 atom stereocenters. The maximum atomic E-state index is 12.9. The fourth-order valence-corrected chi connectivity index (χ4v) is 4.41. The molecular formula is C24H26ClN3O3. The van der Waals surface area contributed by atoms with E-state index in [-0.39, 0.29) is 30.2 Å². The van der Waals surface area contributed by atoms with Crippen molar-refractivity contribution in [3.05, 3.63) is 59.1 Å². The van der Waals surface area contributed by atoms with Gasteiger partial charge in [0.2, 0.25) is 11.8 Å². The summed E-state index contributed by atoms with van der Waals surface area (Å²) in [5.74, 6) is -1.03. The predicted molar refractivity (Wildman–Crippen MR) is 121 cm³/mol. The number of amides is 3. The Kier molecular flexibility index (Phi) is 6.56. The van der Waals surface area contributed by atoms with E-state index in [0.717, 1.165) is 31.4 Å². The number of rotatable bonds is 5. The molecule has 1 aliphatic heterocycles. The summed E-state index contributed by atoms with van der Waals surface area (Å²) in [5, 5.41) is 6.56. The van der Waals surface area contributed by atoms with Crippen molar-refractivity contribution in [3.63, 3.8) is 0 Å². The molecule has 162 valence electrons. The van der Waals surface area contributed by atoms with Gasteiger partial charge in [-0.2, -0.15) is 0 Å². The van der Waals surface area contributed by atoms with Crippen molar-refractivity contribution in [1.29, 1.82) is 0 Å². The number of hydrogen-bond donors (Lipinski definition) is 2. The van der Waals surface area contributed by atoms with E-state index in [4.69, 9.17) is 11.6 Å². The minimum Gasteiger partial charge on any atom is -0.349 e. The number of halogens is 1. The van der Waals surface area contributed by atoms with Crippen LogP contribution in [0.15, 0.2) is 48.5 Å². The minimum atomic E-state index is -0.488. The Labute approximate surface area is 187 Å². The van der Waals surface area contributed by atoms with Crippen LogP contribution in [0.3, 0.4) is 0 Å². The number of benzene rings is 2. The topological polar surface area (TPSA) is 78.5 Å². The third-order valence-corrected chi connectivity index (χ3v) is 6.26. The molecule has 4 rings (SSSR count). The van der Waals surface area contributed by atoms with Crippen molar-refractivity contribution in [2.24, 2.45) is 5.92 Å². The SMILES string of the molecule is O=C(NC1CCCCC1)c1ccccc1NC(=O)[C@@H]1CC(=O)N(c2ccc(Cl)cc2)C1. The van der Waals surface area contributed by atoms with E-state index >= 15 is 0 Å². The van der Waals surface area contributed by atoms with Crippen LogP contribution in [0.2, 0.25) is 5.02 Å². The molecule has 0 bridgehead atoms. The van der Waals surface area contributed by atoms with Crippen LogP contribution in [0.25, 0.3) is 0 Å². The zero-order chi connectivity index (χ0) is 21.8. The summed E-state index contributed by atoms with van der Waals surface area (Å²) in [6.07, 6.45) is 5.58. The number of anilines is 2. The lowest BCUT2D eigenvalue weighted by atomic mass is 9.95.